The van der Waals surface area contributed by atoms with Crippen LogP contribution in [0.4, 0.5) is 5.69 Å². The molecule has 0 fully saturated rings. The van der Waals surface area contributed by atoms with Gasteiger partial charge in [-0.15, -0.1) is 0 Å². The van der Waals surface area contributed by atoms with Crippen LogP contribution in [0.1, 0.15) is 29.3 Å². The first-order valence-corrected chi connectivity index (χ1v) is 6.78. The molecule has 0 saturated carbocycles. The first kappa shape index (κ1) is 15.4. The Labute approximate surface area is 127 Å². The smallest absolute Gasteiger partial charge is 0.267 e. The largest absolute Gasteiger partial charge is 0.271 e. The van der Waals surface area contributed by atoms with Crippen LogP contribution in [0.2, 0.25) is 0 Å². The van der Waals surface area contributed by atoms with Gasteiger partial charge in [-0.1, -0.05) is 37.3 Å². The van der Waals surface area contributed by atoms with Crippen LogP contribution in [-0.4, -0.2) is 16.5 Å². The minimum absolute atomic E-state index is 0.0569. The molecule has 112 valence electrons. The zero-order valence-electron chi connectivity index (χ0n) is 12.0. The number of nitro benzene ring substituents is 1. The van der Waals surface area contributed by atoms with Crippen LogP contribution in [0.25, 0.3) is 0 Å². The number of amides is 1. The van der Waals surface area contributed by atoms with Gasteiger partial charge in [0.2, 0.25) is 0 Å². The molecule has 2 rings (SSSR count). The average Bonchev–Trinajstić information content (AvgIpc) is 2.56. The molecule has 0 radical (unpaired) electrons. The Bertz CT molecular complexity index is 694. The summed E-state index contributed by atoms with van der Waals surface area (Å²) in [5.74, 6) is -0.406. The predicted molar refractivity (Wildman–Crippen MR) is 83.8 cm³/mol. The third-order valence-electron chi connectivity index (χ3n) is 3.07. The van der Waals surface area contributed by atoms with Gasteiger partial charge in [-0.05, 0) is 24.1 Å². The van der Waals surface area contributed by atoms with Crippen LogP contribution in [-0.2, 0) is 0 Å². The number of hydrazone groups is 1. The van der Waals surface area contributed by atoms with E-state index in [9.17, 15) is 14.9 Å². The van der Waals surface area contributed by atoms with Crippen LogP contribution in [0.15, 0.2) is 59.7 Å². The van der Waals surface area contributed by atoms with Crippen molar-refractivity contribution in [2.75, 3.05) is 0 Å². The fourth-order valence-electron chi connectivity index (χ4n) is 1.90. The van der Waals surface area contributed by atoms with Crippen molar-refractivity contribution in [1.29, 1.82) is 0 Å². The molecule has 0 aromatic heterocycles. The van der Waals surface area contributed by atoms with E-state index in [2.05, 4.69) is 10.5 Å². The van der Waals surface area contributed by atoms with Gasteiger partial charge in [0.25, 0.3) is 11.6 Å². The highest BCUT2D eigenvalue weighted by Crippen LogP contribution is 2.12. The normalized spacial score (nSPS) is 11.0. The van der Waals surface area contributed by atoms with Crippen LogP contribution < -0.4 is 5.43 Å². The predicted octanol–water partition coefficient (Wildman–Crippen LogP) is 3.14. The van der Waals surface area contributed by atoms with Gasteiger partial charge in [-0.2, -0.15) is 5.10 Å². The molecule has 2 aromatic rings. The van der Waals surface area contributed by atoms with E-state index < -0.39 is 10.8 Å². The first-order chi connectivity index (χ1) is 10.6. The van der Waals surface area contributed by atoms with E-state index in [-0.39, 0.29) is 5.69 Å². The van der Waals surface area contributed by atoms with Crippen LogP contribution in [0.3, 0.4) is 0 Å². The number of nitrogens with zero attached hydrogens (tertiary/aromatic N) is 2. The molecular weight excluding hydrogens is 282 g/mol. The third-order valence-corrected chi connectivity index (χ3v) is 3.07. The number of nitrogens with one attached hydrogen (secondary N) is 1. The Morgan fingerprint density at radius 3 is 2.27 bits per heavy atom. The summed E-state index contributed by atoms with van der Waals surface area (Å²) < 4.78 is 0. The van der Waals surface area contributed by atoms with Crippen LogP contribution >= 0.6 is 0 Å². The number of carbonyl (C=O) groups is 1. The van der Waals surface area contributed by atoms with Gasteiger partial charge in [0.1, 0.15) is 0 Å². The van der Waals surface area contributed by atoms with Gasteiger partial charge < -0.3 is 0 Å². The molecule has 0 atom stereocenters. The number of non-ortho nitro benzene ring substituents is 1. The van der Waals surface area contributed by atoms with Crippen molar-refractivity contribution in [2.45, 2.75) is 13.3 Å². The molecule has 0 saturated heterocycles. The molecule has 22 heavy (non-hydrogen) atoms. The van der Waals surface area contributed by atoms with E-state index in [4.69, 9.17) is 0 Å². The van der Waals surface area contributed by atoms with Crippen LogP contribution in [0, 0.1) is 10.1 Å². The van der Waals surface area contributed by atoms with E-state index in [0.717, 1.165) is 11.3 Å². The zero-order valence-corrected chi connectivity index (χ0v) is 12.0. The molecule has 6 nitrogen and oxygen atoms in total. The Morgan fingerprint density at radius 2 is 1.73 bits per heavy atom. The van der Waals surface area contributed by atoms with Crippen molar-refractivity contribution in [3.8, 4) is 0 Å². The summed E-state index contributed by atoms with van der Waals surface area (Å²) in [5.41, 5.74) is 4.44. The Hall–Kier alpha value is -3.02. The van der Waals surface area contributed by atoms with Crippen molar-refractivity contribution < 1.29 is 9.72 Å². The van der Waals surface area contributed by atoms with Gasteiger partial charge in [-0.3, -0.25) is 14.9 Å². The molecule has 0 spiro atoms. The van der Waals surface area contributed by atoms with E-state index in [1.807, 2.05) is 37.3 Å². The summed E-state index contributed by atoms with van der Waals surface area (Å²) in [4.78, 5) is 22.1. The summed E-state index contributed by atoms with van der Waals surface area (Å²) in [6.07, 6.45) is 0.671. The molecule has 0 aliphatic rings. The second kappa shape index (κ2) is 7.12. The second-order valence-corrected chi connectivity index (χ2v) is 4.52. The van der Waals surface area contributed by atoms with Crippen LogP contribution in [0.5, 0.6) is 0 Å². The number of benzene rings is 2. The van der Waals surface area contributed by atoms with E-state index >= 15 is 0 Å². The third kappa shape index (κ3) is 3.76. The van der Waals surface area contributed by atoms with Gasteiger partial charge >= 0.3 is 0 Å². The highest BCUT2D eigenvalue weighted by Gasteiger charge is 2.09. The molecule has 0 aliphatic carbocycles. The van der Waals surface area contributed by atoms with E-state index in [0.29, 0.717) is 12.0 Å². The number of nitro groups is 1. The molecule has 6 heteroatoms. The van der Waals surface area contributed by atoms with E-state index in [1.165, 1.54) is 24.3 Å². The summed E-state index contributed by atoms with van der Waals surface area (Å²) in [5, 5.41) is 14.7. The van der Waals surface area contributed by atoms with Gasteiger partial charge in [0.05, 0.1) is 10.6 Å². The van der Waals surface area contributed by atoms with E-state index in [1.54, 1.807) is 0 Å². The standard InChI is InChI=1S/C16H15N3O3/c1-2-15(12-6-4-3-5-7-12)17-18-16(20)13-8-10-14(11-9-13)19(21)22/h3-11H,2H2,1H3,(H,18,20)/b17-15+. The minimum Gasteiger partial charge on any atom is -0.267 e. The Kier molecular flexibility index (Phi) is 4.98. The molecule has 2 aromatic carbocycles. The zero-order chi connectivity index (χ0) is 15.9. The van der Waals surface area contributed by atoms with Crippen molar-refractivity contribution in [3.05, 3.63) is 75.8 Å². The monoisotopic (exact) mass is 297 g/mol. The average molecular weight is 297 g/mol. The lowest BCUT2D eigenvalue weighted by atomic mass is 10.1. The highest BCUT2D eigenvalue weighted by molar-refractivity contribution is 6.02. The summed E-state index contributed by atoms with van der Waals surface area (Å²) in [7, 11) is 0. The summed E-state index contributed by atoms with van der Waals surface area (Å²) in [6.45, 7) is 1.95. The minimum atomic E-state index is -0.509. The number of carbonyl (C=O) groups excluding carboxylic acids is 1. The molecule has 1 amide bonds. The molecule has 0 aliphatic heterocycles. The number of hydrogen-bond donors (Lipinski definition) is 1. The maximum absolute atomic E-state index is 12.0. The maximum atomic E-state index is 12.0. The van der Waals surface area contributed by atoms with Gasteiger partial charge in [0, 0.05) is 17.7 Å². The Morgan fingerprint density at radius 1 is 1.09 bits per heavy atom. The molecular formula is C16H15N3O3. The van der Waals surface area contributed by atoms with Gasteiger partial charge in [-0.25, -0.2) is 5.43 Å². The molecule has 1 N–H and O–H groups in total. The van der Waals surface area contributed by atoms with Crippen molar-refractivity contribution in [2.24, 2.45) is 5.10 Å². The molecule has 0 bridgehead atoms. The molecule has 0 unspecified atom stereocenters. The van der Waals surface area contributed by atoms with Crippen molar-refractivity contribution >= 4 is 17.3 Å². The summed E-state index contributed by atoms with van der Waals surface area (Å²) >= 11 is 0. The topological polar surface area (TPSA) is 84.6 Å². The lowest BCUT2D eigenvalue weighted by molar-refractivity contribution is -0.384. The van der Waals surface area contributed by atoms with Crippen molar-refractivity contribution in [3.63, 3.8) is 0 Å². The Balaban J connectivity index is 2.10. The lowest BCUT2D eigenvalue weighted by Crippen LogP contribution is -2.19. The number of rotatable bonds is 5. The van der Waals surface area contributed by atoms with Gasteiger partial charge in [0.15, 0.2) is 0 Å². The fraction of sp³-hybridized carbons (Fsp3) is 0.125. The highest BCUT2D eigenvalue weighted by atomic mass is 16.6. The quantitative estimate of drug-likeness (QED) is 0.522. The number of hydrogen-bond acceptors (Lipinski definition) is 4. The second-order valence-electron chi connectivity index (χ2n) is 4.52. The molecule has 0 heterocycles. The fourth-order valence-corrected chi connectivity index (χ4v) is 1.90. The maximum Gasteiger partial charge on any atom is 0.271 e. The lowest BCUT2D eigenvalue weighted by Gasteiger charge is -2.05. The summed E-state index contributed by atoms with van der Waals surface area (Å²) in [6, 6.07) is 14.9. The van der Waals surface area contributed by atoms with Crippen molar-refractivity contribution in [1.82, 2.24) is 5.43 Å². The SMILES string of the molecule is CC/C(=N\NC(=O)c1ccc([N+](=O)[O-])cc1)c1ccccc1. The first-order valence-electron chi connectivity index (χ1n) is 6.78.